The van der Waals surface area contributed by atoms with E-state index < -0.39 is 41.3 Å². The van der Waals surface area contributed by atoms with Gasteiger partial charge < -0.3 is 20.3 Å². The second-order valence-electron chi connectivity index (χ2n) is 9.93. The molecule has 4 aromatic rings. The van der Waals surface area contributed by atoms with Crippen LogP contribution in [0.4, 0.5) is 17.6 Å². The highest BCUT2D eigenvalue weighted by atomic mass is 35.5. The van der Waals surface area contributed by atoms with Crippen molar-refractivity contribution in [3.8, 4) is 17.0 Å². The normalized spacial score (nSPS) is 13.6. The average Bonchev–Trinajstić information content (AvgIpc) is 2.90. The zero-order chi connectivity index (χ0) is 30.3. The highest BCUT2D eigenvalue weighted by Crippen LogP contribution is 2.43. The first-order chi connectivity index (χ1) is 19.0. The number of benzene rings is 2. The number of fused-ring (bicyclic) bond motifs is 1. The Labute approximate surface area is 237 Å². The van der Waals surface area contributed by atoms with Crippen LogP contribution in [0, 0.1) is 12.7 Å². The molecular formula is C28H25ClF4N4O4. The maximum absolute atomic E-state index is 14.5. The van der Waals surface area contributed by atoms with Crippen LogP contribution >= 0.6 is 11.6 Å². The van der Waals surface area contributed by atoms with Crippen LogP contribution < -0.4 is 10.1 Å². The molecule has 1 atom stereocenters. The average molecular weight is 593 g/mol. The number of aryl methyl sites for hydroxylation is 1. The van der Waals surface area contributed by atoms with E-state index in [1.54, 1.807) is 13.0 Å². The third kappa shape index (κ3) is 5.95. The lowest BCUT2D eigenvalue weighted by molar-refractivity contribution is -0.265. The minimum absolute atomic E-state index is 0.0560. The van der Waals surface area contributed by atoms with Crippen molar-refractivity contribution in [2.24, 2.45) is 0 Å². The highest BCUT2D eigenvalue weighted by Gasteiger charge is 2.57. The van der Waals surface area contributed by atoms with E-state index in [-0.39, 0.29) is 33.2 Å². The fraction of sp³-hybridized carbons (Fsp3) is 0.286. The number of methoxy groups -OCH3 is 1. The van der Waals surface area contributed by atoms with Gasteiger partial charge in [-0.25, -0.2) is 9.37 Å². The Bertz CT molecular complexity index is 1630. The van der Waals surface area contributed by atoms with E-state index >= 15 is 0 Å². The molecule has 0 aliphatic rings. The molecule has 216 valence electrons. The Balaban J connectivity index is 1.79. The maximum Gasteiger partial charge on any atom is 0.424 e. The lowest BCUT2D eigenvalue weighted by Crippen LogP contribution is -2.51. The Morgan fingerprint density at radius 2 is 1.71 bits per heavy atom. The molecular weight excluding hydrogens is 568 g/mol. The number of nitrogens with one attached hydrogen (secondary N) is 1. The summed E-state index contributed by atoms with van der Waals surface area (Å²) in [5.41, 5.74) is -5.85. The summed E-state index contributed by atoms with van der Waals surface area (Å²) in [5, 5.41) is 32.1. The summed E-state index contributed by atoms with van der Waals surface area (Å²) in [6, 6.07) is 9.75. The highest BCUT2D eigenvalue weighted by molar-refractivity contribution is 6.34. The van der Waals surface area contributed by atoms with Gasteiger partial charge in [-0.1, -0.05) is 11.6 Å². The van der Waals surface area contributed by atoms with E-state index in [0.29, 0.717) is 16.6 Å². The first-order valence-electron chi connectivity index (χ1n) is 12.1. The third-order valence-electron chi connectivity index (χ3n) is 6.39. The van der Waals surface area contributed by atoms with Crippen LogP contribution in [0.5, 0.6) is 5.75 Å². The van der Waals surface area contributed by atoms with Gasteiger partial charge in [-0.2, -0.15) is 18.3 Å². The van der Waals surface area contributed by atoms with Crippen LogP contribution in [0.1, 0.15) is 41.2 Å². The largest absolute Gasteiger partial charge is 0.494 e. The Kier molecular flexibility index (Phi) is 7.96. The van der Waals surface area contributed by atoms with Gasteiger partial charge in [0.1, 0.15) is 17.1 Å². The van der Waals surface area contributed by atoms with Crippen molar-refractivity contribution >= 4 is 28.4 Å². The smallest absolute Gasteiger partial charge is 0.424 e. The standard InChI is InChI=1S/C28H25ClF4N4O4/c1-14-9-16-10-17(11-20(41-4)23(16)37-36-14)25(38)34-13-27(40,28(31,32)33)21-12-19(26(2,3)39)22(29)24(35-21)15-5-7-18(30)8-6-15/h5-12,39-40H,13H2,1-4H3,(H,34,38). The maximum atomic E-state index is 14.5. The van der Waals surface area contributed by atoms with E-state index in [9.17, 15) is 32.6 Å². The van der Waals surface area contributed by atoms with Crippen molar-refractivity contribution in [3.05, 3.63) is 81.9 Å². The molecule has 1 unspecified atom stereocenters. The summed E-state index contributed by atoms with van der Waals surface area (Å²) in [4.78, 5) is 17.0. The second kappa shape index (κ2) is 10.8. The molecule has 0 aliphatic heterocycles. The van der Waals surface area contributed by atoms with Crippen LogP contribution in [0.25, 0.3) is 22.2 Å². The topological polar surface area (TPSA) is 117 Å². The van der Waals surface area contributed by atoms with E-state index in [2.05, 4.69) is 20.5 Å². The summed E-state index contributed by atoms with van der Waals surface area (Å²) in [6.45, 7) is 2.92. The summed E-state index contributed by atoms with van der Waals surface area (Å²) >= 11 is 6.43. The number of aliphatic hydroxyl groups is 2. The van der Waals surface area contributed by atoms with Crippen LogP contribution in [-0.2, 0) is 11.2 Å². The number of rotatable bonds is 7. The van der Waals surface area contributed by atoms with E-state index in [4.69, 9.17) is 16.3 Å². The predicted molar refractivity (Wildman–Crippen MR) is 143 cm³/mol. The van der Waals surface area contributed by atoms with Gasteiger partial charge in [0.25, 0.3) is 5.91 Å². The molecule has 0 fully saturated rings. The Morgan fingerprint density at radius 3 is 2.29 bits per heavy atom. The Hall–Kier alpha value is -3.87. The number of ether oxygens (including phenoxy) is 1. The van der Waals surface area contributed by atoms with Gasteiger partial charge in [-0.05, 0) is 69.3 Å². The van der Waals surface area contributed by atoms with Crippen LogP contribution in [0.2, 0.25) is 5.02 Å². The van der Waals surface area contributed by atoms with Crippen molar-refractivity contribution in [1.29, 1.82) is 0 Å². The number of carbonyl (C=O) groups is 1. The molecule has 0 saturated carbocycles. The number of hydrogen-bond acceptors (Lipinski definition) is 7. The summed E-state index contributed by atoms with van der Waals surface area (Å²) in [6.07, 6.45) is -5.34. The second-order valence-corrected chi connectivity index (χ2v) is 10.3. The van der Waals surface area contributed by atoms with E-state index in [1.165, 1.54) is 45.2 Å². The van der Waals surface area contributed by atoms with Crippen molar-refractivity contribution in [2.75, 3.05) is 13.7 Å². The zero-order valence-electron chi connectivity index (χ0n) is 22.3. The van der Waals surface area contributed by atoms with Crippen molar-refractivity contribution in [2.45, 2.75) is 38.1 Å². The van der Waals surface area contributed by atoms with Gasteiger partial charge in [0.2, 0.25) is 5.60 Å². The van der Waals surface area contributed by atoms with Gasteiger partial charge in [0.05, 0.1) is 41.4 Å². The van der Waals surface area contributed by atoms with Crippen molar-refractivity contribution in [1.82, 2.24) is 20.5 Å². The molecule has 4 rings (SSSR count). The molecule has 0 bridgehead atoms. The minimum Gasteiger partial charge on any atom is -0.494 e. The van der Waals surface area contributed by atoms with Gasteiger partial charge in [0, 0.05) is 22.1 Å². The number of hydrogen-bond donors (Lipinski definition) is 3. The first kappa shape index (κ1) is 30.1. The van der Waals surface area contributed by atoms with Crippen molar-refractivity contribution in [3.63, 3.8) is 0 Å². The number of nitrogens with zero attached hydrogens (tertiary/aromatic N) is 3. The number of pyridine rings is 1. The fourth-order valence-corrected chi connectivity index (χ4v) is 4.58. The van der Waals surface area contributed by atoms with Crippen LogP contribution in [0.3, 0.4) is 0 Å². The molecule has 2 aromatic heterocycles. The number of amides is 1. The minimum atomic E-state index is -5.34. The number of alkyl halides is 3. The van der Waals surface area contributed by atoms with Gasteiger partial charge in [-0.3, -0.25) is 4.79 Å². The summed E-state index contributed by atoms with van der Waals surface area (Å²) in [7, 11) is 1.34. The molecule has 8 nitrogen and oxygen atoms in total. The van der Waals surface area contributed by atoms with E-state index in [1.807, 2.05) is 0 Å². The van der Waals surface area contributed by atoms with Crippen molar-refractivity contribution < 1.29 is 37.3 Å². The SMILES string of the molecule is COc1cc(C(=O)NCC(O)(c2cc(C(C)(C)O)c(Cl)c(-c3ccc(F)cc3)n2)C(F)(F)F)cc2cc(C)nnc12. The number of carbonyl (C=O) groups excluding carboxylic acids is 1. The van der Waals surface area contributed by atoms with E-state index in [0.717, 1.165) is 18.2 Å². The molecule has 2 heterocycles. The summed E-state index contributed by atoms with van der Waals surface area (Å²) in [5.74, 6) is -1.38. The zero-order valence-corrected chi connectivity index (χ0v) is 23.0. The molecule has 1 amide bonds. The van der Waals surface area contributed by atoms with Gasteiger partial charge in [-0.15, -0.1) is 5.10 Å². The fourth-order valence-electron chi connectivity index (χ4n) is 4.15. The molecule has 0 saturated heterocycles. The molecule has 13 heteroatoms. The molecule has 41 heavy (non-hydrogen) atoms. The quantitative estimate of drug-likeness (QED) is 0.252. The first-order valence-corrected chi connectivity index (χ1v) is 12.5. The molecule has 0 radical (unpaired) electrons. The van der Waals surface area contributed by atoms with Gasteiger partial charge >= 0.3 is 6.18 Å². The van der Waals surface area contributed by atoms with Crippen LogP contribution in [0.15, 0.2) is 48.5 Å². The third-order valence-corrected chi connectivity index (χ3v) is 6.77. The molecule has 0 spiro atoms. The molecule has 3 N–H and O–H groups in total. The number of halogens is 5. The van der Waals surface area contributed by atoms with Gasteiger partial charge in [0.15, 0.2) is 0 Å². The monoisotopic (exact) mass is 592 g/mol. The summed E-state index contributed by atoms with van der Waals surface area (Å²) < 4.78 is 62.3. The van der Waals surface area contributed by atoms with Crippen LogP contribution in [-0.4, -0.2) is 51.1 Å². The predicted octanol–water partition coefficient (Wildman–Crippen LogP) is 5.21. The number of aromatic nitrogens is 3. The lowest BCUT2D eigenvalue weighted by atomic mass is 9.90. The molecule has 0 aliphatic carbocycles. The molecule has 2 aromatic carbocycles. The lowest BCUT2D eigenvalue weighted by Gasteiger charge is -2.32. The Morgan fingerprint density at radius 1 is 1.05 bits per heavy atom.